The van der Waals surface area contributed by atoms with Crippen LogP contribution in [0.3, 0.4) is 0 Å². The number of piperidine rings is 1. The number of nitrogens with zero attached hydrogens (tertiary/aromatic N) is 1. The van der Waals surface area contributed by atoms with Crippen LogP contribution in [0.2, 0.25) is 0 Å². The van der Waals surface area contributed by atoms with Gasteiger partial charge in [-0.2, -0.15) is 0 Å². The molecule has 0 radical (unpaired) electrons. The van der Waals surface area contributed by atoms with Gasteiger partial charge in [-0.15, -0.1) is 13.2 Å². The Morgan fingerprint density at radius 2 is 1.78 bits per heavy atom. The minimum atomic E-state index is -4.72. The third kappa shape index (κ3) is 6.09. The van der Waals surface area contributed by atoms with E-state index in [9.17, 15) is 18.0 Å². The maximum Gasteiger partial charge on any atom is 0.573 e. The highest BCUT2D eigenvalue weighted by molar-refractivity contribution is 5.92. The van der Waals surface area contributed by atoms with Crippen LogP contribution >= 0.6 is 0 Å². The molecule has 1 aliphatic rings. The standard InChI is InChI=1S/C16H21F3N2O2/c1-11-7-12(2)9-21(8-11)10-15(22)20-13-3-5-14(6-4-13)23-16(17,18)19/h3-6,11-12H,7-10H2,1-2H3,(H,20,22)/t11-,12-/m0/s1. The number of carbonyl (C=O) groups excluding carboxylic acids is 1. The number of rotatable bonds is 4. The number of likely N-dealkylation sites (tertiary alicyclic amines) is 1. The van der Waals surface area contributed by atoms with Gasteiger partial charge in [0.25, 0.3) is 0 Å². The van der Waals surface area contributed by atoms with E-state index in [1.807, 2.05) is 0 Å². The Hall–Kier alpha value is -1.76. The maximum absolute atomic E-state index is 12.1. The highest BCUT2D eigenvalue weighted by atomic mass is 19.4. The summed E-state index contributed by atoms with van der Waals surface area (Å²) in [7, 11) is 0. The summed E-state index contributed by atoms with van der Waals surface area (Å²) in [4.78, 5) is 14.2. The number of ether oxygens (including phenoxy) is 1. The molecule has 0 saturated carbocycles. The molecule has 2 atom stereocenters. The molecule has 1 aromatic rings. The van der Waals surface area contributed by atoms with Crippen LogP contribution in [0.5, 0.6) is 5.75 Å². The number of amides is 1. The van der Waals surface area contributed by atoms with Crippen molar-refractivity contribution < 1.29 is 22.7 Å². The Kier molecular flexibility index (Phi) is 5.51. The number of carbonyl (C=O) groups is 1. The topological polar surface area (TPSA) is 41.6 Å². The second-order valence-corrected chi connectivity index (χ2v) is 6.26. The third-order valence-electron chi connectivity index (χ3n) is 3.68. The van der Waals surface area contributed by atoms with Gasteiger partial charge in [-0.3, -0.25) is 9.69 Å². The van der Waals surface area contributed by atoms with Gasteiger partial charge < -0.3 is 10.1 Å². The molecule has 128 valence electrons. The first kappa shape index (κ1) is 17.6. The second kappa shape index (κ2) is 7.21. The summed E-state index contributed by atoms with van der Waals surface area (Å²) in [5.41, 5.74) is 0.447. The summed E-state index contributed by atoms with van der Waals surface area (Å²) in [5.74, 6) is 0.640. The van der Waals surface area contributed by atoms with E-state index in [0.717, 1.165) is 13.1 Å². The van der Waals surface area contributed by atoms with E-state index in [1.165, 1.54) is 30.7 Å². The van der Waals surface area contributed by atoms with E-state index >= 15 is 0 Å². The van der Waals surface area contributed by atoms with Gasteiger partial charge in [-0.1, -0.05) is 13.8 Å². The molecule has 1 N–H and O–H groups in total. The van der Waals surface area contributed by atoms with Gasteiger partial charge in [-0.05, 0) is 42.5 Å². The van der Waals surface area contributed by atoms with Crippen molar-refractivity contribution >= 4 is 11.6 Å². The first-order valence-corrected chi connectivity index (χ1v) is 7.59. The Balaban J connectivity index is 1.85. The van der Waals surface area contributed by atoms with E-state index in [1.54, 1.807) is 0 Å². The monoisotopic (exact) mass is 330 g/mol. The Morgan fingerprint density at radius 1 is 1.22 bits per heavy atom. The van der Waals surface area contributed by atoms with Crippen LogP contribution in [0.4, 0.5) is 18.9 Å². The SMILES string of the molecule is C[C@H]1C[C@H](C)CN(CC(=O)Nc2ccc(OC(F)(F)F)cc2)C1. The summed E-state index contributed by atoms with van der Waals surface area (Å²) in [5, 5.41) is 2.69. The molecular formula is C16H21F3N2O2. The molecule has 1 amide bonds. The molecule has 0 spiro atoms. The van der Waals surface area contributed by atoms with Crippen LogP contribution in [-0.4, -0.2) is 36.8 Å². The molecule has 0 aromatic heterocycles. The average Bonchev–Trinajstić information content (AvgIpc) is 2.38. The molecule has 23 heavy (non-hydrogen) atoms. The molecule has 1 saturated heterocycles. The second-order valence-electron chi connectivity index (χ2n) is 6.26. The predicted molar refractivity (Wildman–Crippen MR) is 81.1 cm³/mol. The normalized spacial score (nSPS) is 22.7. The van der Waals surface area contributed by atoms with Crippen molar-refractivity contribution in [1.29, 1.82) is 0 Å². The lowest BCUT2D eigenvalue weighted by Crippen LogP contribution is -2.42. The number of nitrogens with one attached hydrogen (secondary N) is 1. The summed E-state index contributed by atoms with van der Waals surface area (Å²) in [6, 6.07) is 5.13. The summed E-state index contributed by atoms with van der Waals surface area (Å²) >= 11 is 0. The van der Waals surface area contributed by atoms with Gasteiger partial charge in [0.15, 0.2) is 0 Å². The number of alkyl halides is 3. The van der Waals surface area contributed by atoms with Gasteiger partial charge in [0.05, 0.1) is 6.54 Å². The molecule has 7 heteroatoms. The van der Waals surface area contributed by atoms with Crippen LogP contribution in [0, 0.1) is 11.8 Å². The Labute approximate surface area is 133 Å². The van der Waals surface area contributed by atoms with E-state index in [2.05, 4.69) is 28.8 Å². The van der Waals surface area contributed by atoms with Crippen LogP contribution < -0.4 is 10.1 Å². The zero-order valence-electron chi connectivity index (χ0n) is 13.2. The zero-order valence-corrected chi connectivity index (χ0v) is 13.2. The third-order valence-corrected chi connectivity index (χ3v) is 3.68. The number of hydrogen-bond acceptors (Lipinski definition) is 3. The van der Waals surface area contributed by atoms with Crippen molar-refractivity contribution in [3.05, 3.63) is 24.3 Å². The fraction of sp³-hybridized carbons (Fsp3) is 0.562. The molecule has 1 aromatic carbocycles. The smallest absolute Gasteiger partial charge is 0.406 e. The number of benzene rings is 1. The van der Waals surface area contributed by atoms with Crippen LogP contribution in [0.1, 0.15) is 20.3 Å². The summed E-state index contributed by atoms with van der Waals surface area (Å²) < 4.78 is 40.0. The lowest BCUT2D eigenvalue weighted by Gasteiger charge is -2.34. The molecule has 1 aliphatic heterocycles. The molecule has 1 heterocycles. The molecule has 4 nitrogen and oxygen atoms in total. The Bertz CT molecular complexity index is 521. The van der Waals surface area contributed by atoms with Crippen molar-refractivity contribution in [2.24, 2.45) is 11.8 Å². The Morgan fingerprint density at radius 3 is 2.30 bits per heavy atom. The van der Waals surface area contributed by atoms with Crippen LogP contribution in [-0.2, 0) is 4.79 Å². The van der Waals surface area contributed by atoms with Gasteiger partial charge in [0.2, 0.25) is 5.91 Å². The number of anilines is 1. The lowest BCUT2D eigenvalue weighted by molar-refractivity contribution is -0.274. The summed E-state index contributed by atoms with van der Waals surface area (Å²) in [6.45, 7) is 6.39. The van der Waals surface area contributed by atoms with E-state index in [-0.39, 0.29) is 18.2 Å². The predicted octanol–water partition coefficient (Wildman–Crippen LogP) is 3.50. The lowest BCUT2D eigenvalue weighted by atomic mass is 9.92. The fourth-order valence-corrected chi connectivity index (χ4v) is 3.06. The molecular weight excluding hydrogens is 309 g/mol. The van der Waals surface area contributed by atoms with E-state index < -0.39 is 6.36 Å². The minimum absolute atomic E-state index is 0.171. The van der Waals surface area contributed by atoms with Crippen molar-refractivity contribution in [2.45, 2.75) is 26.6 Å². The van der Waals surface area contributed by atoms with Crippen molar-refractivity contribution in [3.8, 4) is 5.75 Å². The van der Waals surface area contributed by atoms with Gasteiger partial charge in [0.1, 0.15) is 5.75 Å². The fourth-order valence-electron chi connectivity index (χ4n) is 3.06. The van der Waals surface area contributed by atoms with Crippen molar-refractivity contribution in [1.82, 2.24) is 4.90 Å². The number of halogens is 3. The van der Waals surface area contributed by atoms with Gasteiger partial charge >= 0.3 is 6.36 Å². The van der Waals surface area contributed by atoms with Gasteiger partial charge in [0, 0.05) is 18.8 Å². The largest absolute Gasteiger partial charge is 0.573 e. The van der Waals surface area contributed by atoms with Crippen molar-refractivity contribution in [2.75, 3.05) is 25.0 Å². The maximum atomic E-state index is 12.1. The van der Waals surface area contributed by atoms with Crippen LogP contribution in [0.15, 0.2) is 24.3 Å². The molecule has 1 fully saturated rings. The minimum Gasteiger partial charge on any atom is -0.406 e. The first-order chi connectivity index (χ1) is 10.7. The highest BCUT2D eigenvalue weighted by Crippen LogP contribution is 2.24. The van der Waals surface area contributed by atoms with Gasteiger partial charge in [-0.25, -0.2) is 0 Å². The molecule has 0 unspecified atom stereocenters. The summed E-state index contributed by atoms with van der Waals surface area (Å²) in [6.07, 6.45) is -3.55. The quantitative estimate of drug-likeness (QED) is 0.919. The highest BCUT2D eigenvalue weighted by Gasteiger charge is 2.31. The molecule has 2 rings (SSSR count). The molecule has 0 aliphatic carbocycles. The van der Waals surface area contributed by atoms with Crippen LogP contribution in [0.25, 0.3) is 0 Å². The van der Waals surface area contributed by atoms with E-state index in [4.69, 9.17) is 0 Å². The zero-order chi connectivity index (χ0) is 17.0. The van der Waals surface area contributed by atoms with Crippen molar-refractivity contribution in [3.63, 3.8) is 0 Å². The van der Waals surface area contributed by atoms with E-state index in [0.29, 0.717) is 17.5 Å². The first-order valence-electron chi connectivity index (χ1n) is 7.59. The molecule has 0 bridgehead atoms. The average molecular weight is 330 g/mol. The number of hydrogen-bond donors (Lipinski definition) is 1.